The van der Waals surface area contributed by atoms with Crippen LogP contribution in [0.3, 0.4) is 0 Å². The van der Waals surface area contributed by atoms with E-state index >= 15 is 0 Å². The van der Waals surface area contributed by atoms with Crippen molar-refractivity contribution in [2.24, 2.45) is 0 Å². The molecule has 0 bridgehead atoms. The predicted octanol–water partition coefficient (Wildman–Crippen LogP) is 12.8. The Kier molecular flexibility index (Phi) is 8.60. The van der Waals surface area contributed by atoms with E-state index in [9.17, 15) is 10.5 Å². The molecule has 2 aliphatic rings. The van der Waals surface area contributed by atoms with Gasteiger partial charge in [-0.1, -0.05) is 109 Å². The number of benzene rings is 5. The highest BCUT2D eigenvalue weighted by Gasteiger charge is 2.53. The van der Waals surface area contributed by atoms with Gasteiger partial charge in [0.05, 0.1) is 28.2 Å². The van der Waals surface area contributed by atoms with E-state index in [-0.39, 0.29) is 0 Å². The van der Waals surface area contributed by atoms with E-state index in [1.54, 1.807) is 24.5 Å². The highest BCUT2D eigenvalue weighted by molar-refractivity contribution is 6.12. The number of nitrogens with zero attached hydrogens (tertiary/aromatic N) is 6. The van der Waals surface area contributed by atoms with Gasteiger partial charge in [-0.3, -0.25) is 0 Å². The summed E-state index contributed by atoms with van der Waals surface area (Å²) in [6, 6.07) is 57.3. The number of fused-ring (bicyclic) bond motifs is 12. The zero-order chi connectivity index (χ0) is 41.8. The average Bonchev–Trinajstić information content (AvgIpc) is 3.81. The Balaban J connectivity index is 1.24. The van der Waals surface area contributed by atoms with Crippen molar-refractivity contribution >= 4 is 16.8 Å². The Morgan fingerprint density at radius 2 is 1.02 bits per heavy atom. The number of hydrogen-bond acceptors (Lipinski definition) is 6. The number of nitriles is 2. The molecular formula is C56H34N6. The van der Waals surface area contributed by atoms with Crippen molar-refractivity contribution in [3.63, 3.8) is 0 Å². The van der Waals surface area contributed by atoms with Gasteiger partial charge in [-0.2, -0.15) is 10.5 Å². The smallest absolute Gasteiger partial charge is 0.141 e. The fraction of sp³-hybridized carbons (Fsp3) is 0.0357. The molecule has 5 aromatic carbocycles. The summed E-state index contributed by atoms with van der Waals surface area (Å²) in [6.07, 6.45) is 11.8. The molecule has 0 N–H and O–H groups in total. The average molecular weight is 791 g/mol. The third-order valence-electron chi connectivity index (χ3n) is 12.2. The summed E-state index contributed by atoms with van der Waals surface area (Å²) in [6.45, 7) is 2.03. The van der Waals surface area contributed by atoms with Gasteiger partial charge in [0, 0.05) is 34.6 Å². The van der Waals surface area contributed by atoms with Crippen LogP contribution in [-0.2, 0) is 5.41 Å². The van der Waals surface area contributed by atoms with Gasteiger partial charge in [-0.25, -0.2) is 19.9 Å². The van der Waals surface area contributed by atoms with Gasteiger partial charge in [-0.15, -0.1) is 0 Å². The molecule has 1 spiro atoms. The fourth-order valence-electron chi connectivity index (χ4n) is 9.71. The van der Waals surface area contributed by atoms with Gasteiger partial charge < -0.3 is 0 Å². The summed E-state index contributed by atoms with van der Waals surface area (Å²) in [5.74, 6) is 0. The Bertz CT molecular complexity index is 3430. The lowest BCUT2D eigenvalue weighted by Gasteiger charge is -2.31. The van der Waals surface area contributed by atoms with E-state index in [1.807, 2.05) is 49.4 Å². The molecule has 0 unspecified atom stereocenters. The maximum Gasteiger partial charge on any atom is 0.141 e. The monoisotopic (exact) mass is 790 g/mol. The number of rotatable bonds is 6. The molecule has 0 saturated heterocycles. The summed E-state index contributed by atoms with van der Waals surface area (Å²) in [5, 5.41) is 21.5. The molecule has 62 heavy (non-hydrogen) atoms. The second-order valence-electron chi connectivity index (χ2n) is 15.5. The minimum atomic E-state index is -0.690. The van der Waals surface area contributed by atoms with E-state index in [0.717, 1.165) is 61.4 Å². The summed E-state index contributed by atoms with van der Waals surface area (Å²) >= 11 is 0. The molecular weight excluding hydrogens is 757 g/mol. The van der Waals surface area contributed by atoms with Crippen molar-refractivity contribution in [3.05, 3.63) is 221 Å². The summed E-state index contributed by atoms with van der Waals surface area (Å²) in [5.41, 5.74) is 17.6. The first-order valence-electron chi connectivity index (χ1n) is 20.5. The summed E-state index contributed by atoms with van der Waals surface area (Å²) in [7, 11) is 0. The van der Waals surface area contributed by atoms with Crippen LogP contribution in [0.25, 0.3) is 84.1 Å². The first-order chi connectivity index (χ1) is 30.6. The van der Waals surface area contributed by atoms with E-state index in [4.69, 9.17) is 9.97 Å². The number of hydrogen-bond donors (Lipinski definition) is 0. The Labute approximate surface area is 359 Å². The summed E-state index contributed by atoms with van der Waals surface area (Å²) in [4.78, 5) is 19.0. The molecule has 6 heteroatoms. The lowest BCUT2D eigenvalue weighted by molar-refractivity contribution is 0.794. The van der Waals surface area contributed by atoms with Crippen LogP contribution in [0.4, 0.5) is 0 Å². The minimum absolute atomic E-state index is 0.348. The Morgan fingerprint density at radius 1 is 0.468 bits per heavy atom. The number of aromatic nitrogens is 4. The molecule has 0 aliphatic heterocycles. The van der Waals surface area contributed by atoms with Crippen LogP contribution in [0.5, 0.6) is 0 Å². The molecule has 4 aromatic heterocycles. The molecule has 6 nitrogen and oxygen atoms in total. The van der Waals surface area contributed by atoms with Crippen LogP contribution < -0.4 is 0 Å². The van der Waals surface area contributed by atoms with Crippen LogP contribution in [0.2, 0.25) is 0 Å². The Hall–Kier alpha value is -8.58. The molecule has 11 rings (SSSR count). The second kappa shape index (κ2) is 14.6. The van der Waals surface area contributed by atoms with Crippen molar-refractivity contribution in [1.82, 2.24) is 19.9 Å². The van der Waals surface area contributed by atoms with Gasteiger partial charge in [0.1, 0.15) is 23.5 Å². The van der Waals surface area contributed by atoms with Crippen LogP contribution in [0.1, 0.15) is 46.1 Å². The van der Waals surface area contributed by atoms with Crippen molar-refractivity contribution in [2.75, 3.05) is 0 Å². The van der Waals surface area contributed by atoms with Crippen molar-refractivity contribution < 1.29 is 0 Å². The first-order valence-corrected chi connectivity index (χ1v) is 20.5. The lowest BCUT2D eigenvalue weighted by atomic mass is 9.69. The van der Waals surface area contributed by atoms with Gasteiger partial charge in [0.2, 0.25) is 0 Å². The van der Waals surface area contributed by atoms with Crippen molar-refractivity contribution in [3.8, 4) is 79.4 Å². The van der Waals surface area contributed by atoms with Crippen LogP contribution >= 0.6 is 0 Å². The predicted molar refractivity (Wildman–Crippen MR) is 246 cm³/mol. The summed E-state index contributed by atoms with van der Waals surface area (Å²) < 4.78 is 0. The third kappa shape index (κ3) is 5.55. The van der Waals surface area contributed by atoms with E-state index in [2.05, 4.69) is 143 Å². The van der Waals surface area contributed by atoms with Crippen LogP contribution in [-0.4, -0.2) is 19.9 Å². The molecule has 0 saturated carbocycles. The SMILES string of the molecule is C/C=C\C=C/c1cc(-c2cccc(-c3ccnc(C#N)c3)n2)cc2c1-c1c(cc(-c3cccc(-c4ccnc(C#N)c4)n3)c3ccccc13)C21c2ccccc2-c2ccccc21. The quantitative estimate of drug-likeness (QED) is 0.156. The second-order valence-corrected chi connectivity index (χ2v) is 15.5. The van der Waals surface area contributed by atoms with E-state index < -0.39 is 5.41 Å². The largest absolute Gasteiger partial charge is 0.248 e. The van der Waals surface area contributed by atoms with E-state index in [1.165, 1.54) is 44.5 Å². The standard InChI is InChI=1S/C56H34N6/c1-2-3-4-13-37-28-38(52-22-11-20-50(61-52)35-24-26-59-39(29-35)33-57)31-48-54(37)55-44-17-6-5-14-41(44)45(53-23-12-21-51(62-53)36-25-27-60-40(30-36)34-58)32-49(55)56(48)46-18-9-7-15-42(46)43-16-8-10-19-47(43)56/h2-32H,1H3/b3-2-,13-4-. The van der Waals surface area contributed by atoms with Crippen LogP contribution in [0, 0.1) is 22.7 Å². The Morgan fingerprint density at radius 3 is 1.65 bits per heavy atom. The van der Waals surface area contributed by atoms with Gasteiger partial charge in [0.15, 0.2) is 0 Å². The van der Waals surface area contributed by atoms with Gasteiger partial charge in [0.25, 0.3) is 0 Å². The highest BCUT2D eigenvalue weighted by Crippen LogP contribution is 2.65. The topological polar surface area (TPSA) is 99.1 Å². The molecule has 0 radical (unpaired) electrons. The fourth-order valence-corrected chi connectivity index (χ4v) is 9.71. The van der Waals surface area contributed by atoms with Gasteiger partial charge >= 0.3 is 0 Å². The van der Waals surface area contributed by atoms with Crippen molar-refractivity contribution in [2.45, 2.75) is 12.3 Å². The normalized spacial score (nSPS) is 12.9. The zero-order valence-electron chi connectivity index (χ0n) is 33.6. The lowest BCUT2D eigenvalue weighted by Crippen LogP contribution is -2.26. The maximum atomic E-state index is 9.65. The number of pyridine rings is 4. The van der Waals surface area contributed by atoms with Crippen molar-refractivity contribution in [1.29, 1.82) is 10.5 Å². The molecule has 9 aromatic rings. The third-order valence-corrected chi connectivity index (χ3v) is 12.2. The van der Waals surface area contributed by atoms with E-state index in [0.29, 0.717) is 11.4 Å². The zero-order valence-corrected chi connectivity index (χ0v) is 33.6. The molecule has 0 amide bonds. The first kappa shape index (κ1) is 36.5. The molecule has 0 fully saturated rings. The molecule has 2 aliphatic carbocycles. The molecule has 4 heterocycles. The maximum absolute atomic E-state index is 9.65. The number of allylic oxidation sites excluding steroid dienone is 3. The minimum Gasteiger partial charge on any atom is -0.248 e. The molecule has 288 valence electrons. The van der Waals surface area contributed by atoms with Gasteiger partial charge in [-0.05, 0) is 134 Å². The molecule has 0 atom stereocenters. The van der Waals surface area contributed by atoms with Crippen LogP contribution in [0.15, 0.2) is 182 Å². The highest BCUT2D eigenvalue weighted by atomic mass is 14.7.